The van der Waals surface area contributed by atoms with Crippen LogP contribution >= 0.6 is 0 Å². The second-order valence-electron chi connectivity index (χ2n) is 4.65. The first-order chi connectivity index (χ1) is 9.13. The minimum atomic E-state index is 0.779. The highest BCUT2D eigenvalue weighted by Gasteiger charge is 2.13. The van der Waals surface area contributed by atoms with Crippen LogP contribution in [0.5, 0.6) is 0 Å². The molecule has 0 aliphatic heterocycles. The fourth-order valence-electron chi connectivity index (χ4n) is 2.13. The van der Waals surface area contributed by atoms with E-state index in [0.29, 0.717) is 0 Å². The molecule has 3 heteroatoms. The molecule has 1 N–H and O–H groups in total. The van der Waals surface area contributed by atoms with Crippen molar-refractivity contribution in [3.05, 3.63) is 48.2 Å². The molecular weight excluding hydrogens is 234 g/mol. The Morgan fingerprint density at radius 2 is 1.89 bits per heavy atom. The largest absolute Gasteiger partial charge is 0.349 e. The van der Waals surface area contributed by atoms with Crippen LogP contribution in [0.15, 0.2) is 31.4 Å². The summed E-state index contributed by atoms with van der Waals surface area (Å²) in [4.78, 5) is 6.92. The number of nitrogens with zero attached hydrogens (tertiary/aromatic N) is 2. The summed E-state index contributed by atoms with van der Waals surface area (Å²) in [5.74, 6) is 1.04. The van der Waals surface area contributed by atoms with Crippen molar-refractivity contribution in [2.45, 2.75) is 27.3 Å². The minimum Gasteiger partial charge on any atom is -0.349 e. The molecule has 104 valence electrons. The van der Waals surface area contributed by atoms with Crippen LogP contribution in [0.1, 0.15) is 23.7 Å². The average Bonchev–Trinajstić information content (AvgIpc) is 2.37. The number of anilines is 1. The third kappa shape index (κ3) is 4.21. The summed E-state index contributed by atoms with van der Waals surface area (Å²) < 4.78 is 0. The van der Waals surface area contributed by atoms with Crippen molar-refractivity contribution in [3.63, 3.8) is 0 Å². The van der Waals surface area contributed by atoms with Crippen molar-refractivity contribution in [2.24, 2.45) is 0 Å². The quantitative estimate of drug-likeness (QED) is 0.727. The molecule has 1 heterocycles. The number of rotatable bonds is 8. The maximum atomic E-state index is 4.71. The first-order valence-electron chi connectivity index (χ1n) is 6.78. The van der Waals surface area contributed by atoms with Crippen molar-refractivity contribution >= 4 is 5.82 Å². The summed E-state index contributed by atoms with van der Waals surface area (Å²) in [7, 11) is 0. The van der Waals surface area contributed by atoms with Gasteiger partial charge in [-0.05, 0) is 32.0 Å². The van der Waals surface area contributed by atoms with Crippen LogP contribution in [0.2, 0.25) is 0 Å². The molecule has 1 aromatic rings. The second kappa shape index (κ2) is 7.74. The van der Waals surface area contributed by atoms with E-state index in [9.17, 15) is 0 Å². The Kier molecular flexibility index (Phi) is 6.30. The van der Waals surface area contributed by atoms with Crippen molar-refractivity contribution in [2.75, 3.05) is 24.5 Å². The molecule has 3 nitrogen and oxygen atoms in total. The number of aromatic nitrogens is 1. The first kappa shape index (κ1) is 15.4. The molecule has 0 spiro atoms. The smallest absolute Gasteiger partial charge is 0.134 e. The van der Waals surface area contributed by atoms with Gasteiger partial charge in [0.2, 0.25) is 0 Å². The van der Waals surface area contributed by atoms with Gasteiger partial charge in [0.1, 0.15) is 5.82 Å². The Labute approximate surface area is 117 Å². The fourth-order valence-corrected chi connectivity index (χ4v) is 2.13. The molecule has 0 aromatic carbocycles. The van der Waals surface area contributed by atoms with Gasteiger partial charge in [0.25, 0.3) is 0 Å². The lowest BCUT2D eigenvalue weighted by Gasteiger charge is -2.25. The Balaban J connectivity index is 3.19. The summed E-state index contributed by atoms with van der Waals surface area (Å²) in [5, 5.41) is 3.39. The van der Waals surface area contributed by atoms with Gasteiger partial charge in [0, 0.05) is 30.9 Å². The van der Waals surface area contributed by atoms with Crippen LogP contribution in [-0.4, -0.2) is 24.6 Å². The molecule has 1 aromatic heterocycles. The van der Waals surface area contributed by atoms with E-state index in [4.69, 9.17) is 4.98 Å². The monoisotopic (exact) mass is 259 g/mol. The third-order valence-corrected chi connectivity index (χ3v) is 3.00. The Morgan fingerprint density at radius 3 is 2.42 bits per heavy atom. The lowest BCUT2D eigenvalue weighted by atomic mass is 10.1. The van der Waals surface area contributed by atoms with Gasteiger partial charge in [-0.2, -0.15) is 0 Å². The van der Waals surface area contributed by atoms with E-state index >= 15 is 0 Å². The molecule has 0 atom stereocenters. The highest BCUT2D eigenvalue weighted by molar-refractivity contribution is 5.52. The molecule has 0 fully saturated rings. The molecule has 19 heavy (non-hydrogen) atoms. The average molecular weight is 259 g/mol. The molecule has 0 saturated carbocycles. The van der Waals surface area contributed by atoms with Gasteiger partial charge >= 0.3 is 0 Å². The second-order valence-corrected chi connectivity index (χ2v) is 4.65. The molecule has 1 rings (SSSR count). The zero-order valence-corrected chi connectivity index (χ0v) is 12.4. The molecule has 0 bridgehead atoms. The van der Waals surface area contributed by atoms with Crippen LogP contribution in [0.4, 0.5) is 5.82 Å². The van der Waals surface area contributed by atoms with Crippen LogP contribution in [-0.2, 0) is 6.54 Å². The van der Waals surface area contributed by atoms with Gasteiger partial charge in [0.05, 0.1) is 0 Å². The van der Waals surface area contributed by atoms with Crippen LogP contribution in [0, 0.1) is 13.8 Å². The fraction of sp³-hybridized carbons (Fsp3) is 0.438. The normalized spacial score (nSPS) is 10.3. The molecule has 0 aliphatic carbocycles. The Hall–Kier alpha value is -1.61. The van der Waals surface area contributed by atoms with Gasteiger partial charge in [-0.1, -0.05) is 19.1 Å². The Morgan fingerprint density at radius 1 is 1.26 bits per heavy atom. The van der Waals surface area contributed by atoms with Crippen molar-refractivity contribution < 1.29 is 0 Å². The maximum Gasteiger partial charge on any atom is 0.134 e. The summed E-state index contributed by atoms with van der Waals surface area (Å²) in [6.07, 6.45) is 3.81. The highest BCUT2D eigenvalue weighted by Crippen LogP contribution is 2.22. The van der Waals surface area contributed by atoms with Gasteiger partial charge in [-0.25, -0.2) is 4.98 Å². The lowest BCUT2D eigenvalue weighted by Crippen LogP contribution is -2.27. The minimum absolute atomic E-state index is 0.779. The van der Waals surface area contributed by atoms with E-state index in [1.54, 1.807) is 0 Å². The summed E-state index contributed by atoms with van der Waals surface area (Å²) >= 11 is 0. The van der Waals surface area contributed by atoms with Gasteiger partial charge in [0.15, 0.2) is 0 Å². The summed E-state index contributed by atoms with van der Waals surface area (Å²) in [6.45, 7) is 17.3. The molecule has 0 radical (unpaired) electrons. The molecule has 0 unspecified atom stereocenters. The molecule has 0 saturated heterocycles. The zero-order valence-electron chi connectivity index (χ0n) is 12.4. The van der Waals surface area contributed by atoms with Crippen LogP contribution in [0.3, 0.4) is 0 Å². The van der Waals surface area contributed by atoms with Crippen molar-refractivity contribution in [3.8, 4) is 0 Å². The highest BCUT2D eigenvalue weighted by atomic mass is 15.2. The maximum absolute atomic E-state index is 4.71. The zero-order chi connectivity index (χ0) is 14.3. The number of aryl methyl sites for hydroxylation is 2. The number of hydrogen-bond donors (Lipinski definition) is 1. The van der Waals surface area contributed by atoms with E-state index in [2.05, 4.69) is 43.3 Å². The topological polar surface area (TPSA) is 28.2 Å². The summed E-state index contributed by atoms with van der Waals surface area (Å²) in [5.41, 5.74) is 3.59. The predicted octanol–water partition coefficient (Wildman–Crippen LogP) is 2.99. The standard InChI is InChI=1S/C16H25N3/c1-6-9-19(10-7-2)16-15(12-17-8-3)13(4)11-14(5)18-16/h6-7,11,17H,1-2,8-10,12H2,3-5H3. The van der Waals surface area contributed by atoms with Crippen LogP contribution < -0.4 is 10.2 Å². The third-order valence-electron chi connectivity index (χ3n) is 3.00. The van der Waals surface area contributed by atoms with E-state index in [-0.39, 0.29) is 0 Å². The van der Waals surface area contributed by atoms with E-state index in [1.165, 1.54) is 11.1 Å². The number of nitrogens with one attached hydrogen (secondary N) is 1. The number of hydrogen-bond acceptors (Lipinski definition) is 3. The van der Waals surface area contributed by atoms with Gasteiger partial charge in [-0.15, -0.1) is 13.2 Å². The first-order valence-corrected chi connectivity index (χ1v) is 6.78. The van der Waals surface area contributed by atoms with E-state index in [1.807, 2.05) is 19.1 Å². The van der Waals surface area contributed by atoms with E-state index < -0.39 is 0 Å². The SMILES string of the molecule is C=CCN(CC=C)c1nc(C)cc(C)c1CNCC. The van der Waals surface area contributed by atoms with Gasteiger partial charge < -0.3 is 10.2 Å². The lowest BCUT2D eigenvalue weighted by molar-refractivity contribution is 0.715. The summed E-state index contributed by atoms with van der Waals surface area (Å²) in [6, 6.07) is 2.14. The van der Waals surface area contributed by atoms with Gasteiger partial charge in [-0.3, -0.25) is 0 Å². The van der Waals surface area contributed by atoms with E-state index in [0.717, 1.165) is 37.7 Å². The predicted molar refractivity (Wildman–Crippen MR) is 83.7 cm³/mol. The molecule has 0 aliphatic rings. The molecule has 0 amide bonds. The number of pyridine rings is 1. The van der Waals surface area contributed by atoms with Crippen molar-refractivity contribution in [1.29, 1.82) is 0 Å². The van der Waals surface area contributed by atoms with Crippen molar-refractivity contribution in [1.82, 2.24) is 10.3 Å². The van der Waals surface area contributed by atoms with Crippen LogP contribution in [0.25, 0.3) is 0 Å². The molecular formula is C16H25N3. The Bertz CT molecular complexity index is 428.